The van der Waals surface area contributed by atoms with E-state index in [4.69, 9.17) is 5.73 Å². The average molecular weight is 268 g/mol. The molecule has 0 spiro atoms. The monoisotopic (exact) mass is 267 g/mol. The molecule has 0 radical (unpaired) electrons. The van der Waals surface area contributed by atoms with Gasteiger partial charge in [-0.2, -0.15) is 0 Å². The minimum atomic E-state index is 0.194. The summed E-state index contributed by atoms with van der Waals surface area (Å²) >= 11 is 3.62. The topological polar surface area (TPSA) is 26.0 Å². The minimum Gasteiger partial charge on any atom is -0.324 e. The fraction of sp³-hybridized carbons (Fsp3) is 0.538. The van der Waals surface area contributed by atoms with Gasteiger partial charge in [-0.15, -0.1) is 0 Å². The molecule has 1 aromatic carbocycles. The molecule has 1 atom stereocenters. The van der Waals surface area contributed by atoms with Crippen LogP contribution in [-0.4, -0.2) is 0 Å². The average Bonchev–Trinajstić information content (AvgIpc) is 3.02. The standard InChI is InChI=1S/C13H18BrN/c1-9-3-2-4-11(13(9)14)12(15)8-7-10-5-6-10/h2-4,10,12H,5-8,15H2,1H3. The molecule has 0 aliphatic heterocycles. The van der Waals surface area contributed by atoms with Crippen molar-refractivity contribution in [3.8, 4) is 0 Å². The second-order valence-electron chi connectivity index (χ2n) is 4.61. The number of benzene rings is 1. The molecule has 1 unspecified atom stereocenters. The summed E-state index contributed by atoms with van der Waals surface area (Å²) in [4.78, 5) is 0. The lowest BCUT2D eigenvalue weighted by Gasteiger charge is -2.14. The molecule has 1 nitrogen and oxygen atoms in total. The molecule has 1 saturated carbocycles. The van der Waals surface area contributed by atoms with E-state index >= 15 is 0 Å². The summed E-state index contributed by atoms with van der Waals surface area (Å²) in [6.45, 7) is 2.11. The zero-order valence-corrected chi connectivity index (χ0v) is 10.8. The second-order valence-corrected chi connectivity index (χ2v) is 5.40. The van der Waals surface area contributed by atoms with Crippen LogP contribution in [0.4, 0.5) is 0 Å². The Kier molecular flexibility index (Phi) is 3.47. The highest BCUT2D eigenvalue weighted by Gasteiger charge is 2.22. The summed E-state index contributed by atoms with van der Waals surface area (Å²) in [6.07, 6.45) is 5.25. The van der Waals surface area contributed by atoms with Crippen LogP contribution in [0, 0.1) is 12.8 Å². The maximum absolute atomic E-state index is 6.21. The van der Waals surface area contributed by atoms with Crippen LogP contribution in [0.3, 0.4) is 0 Å². The second kappa shape index (κ2) is 4.67. The van der Waals surface area contributed by atoms with Crippen LogP contribution in [0.5, 0.6) is 0 Å². The highest BCUT2D eigenvalue weighted by atomic mass is 79.9. The molecule has 1 aromatic rings. The number of rotatable bonds is 4. The van der Waals surface area contributed by atoms with E-state index in [1.165, 1.54) is 34.9 Å². The summed E-state index contributed by atoms with van der Waals surface area (Å²) in [6, 6.07) is 6.53. The summed E-state index contributed by atoms with van der Waals surface area (Å²) in [5.41, 5.74) is 8.74. The quantitative estimate of drug-likeness (QED) is 0.879. The predicted octanol–water partition coefficient (Wildman–Crippen LogP) is 3.95. The Hall–Kier alpha value is -0.340. The molecule has 15 heavy (non-hydrogen) atoms. The maximum atomic E-state index is 6.21. The third-order valence-electron chi connectivity index (χ3n) is 3.20. The van der Waals surface area contributed by atoms with E-state index in [1.807, 2.05) is 0 Å². The molecule has 2 N–H and O–H groups in total. The van der Waals surface area contributed by atoms with Gasteiger partial charge in [-0.3, -0.25) is 0 Å². The van der Waals surface area contributed by atoms with E-state index in [0.717, 1.165) is 12.3 Å². The molecule has 82 valence electrons. The maximum Gasteiger partial charge on any atom is 0.0306 e. The lowest BCUT2D eigenvalue weighted by molar-refractivity contribution is 0.573. The van der Waals surface area contributed by atoms with Gasteiger partial charge in [0.2, 0.25) is 0 Å². The van der Waals surface area contributed by atoms with Crippen LogP contribution in [0.25, 0.3) is 0 Å². The van der Waals surface area contributed by atoms with E-state index in [-0.39, 0.29) is 6.04 Å². The van der Waals surface area contributed by atoms with Crippen LogP contribution < -0.4 is 5.73 Å². The number of aryl methyl sites for hydroxylation is 1. The van der Waals surface area contributed by atoms with Gasteiger partial charge < -0.3 is 5.73 Å². The van der Waals surface area contributed by atoms with Crippen LogP contribution in [-0.2, 0) is 0 Å². The molecule has 2 rings (SSSR count). The Morgan fingerprint density at radius 3 is 2.87 bits per heavy atom. The van der Waals surface area contributed by atoms with Crippen molar-refractivity contribution in [2.75, 3.05) is 0 Å². The van der Waals surface area contributed by atoms with Crippen LogP contribution in [0.2, 0.25) is 0 Å². The molecule has 0 aromatic heterocycles. The number of nitrogens with two attached hydrogens (primary N) is 1. The molecule has 1 fully saturated rings. The zero-order valence-electron chi connectivity index (χ0n) is 9.17. The lowest BCUT2D eigenvalue weighted by atomic mass is 10.00. The predicted molar refractivity (Wildman–Crippen MR) is 67.8 cm³/mol. The molecule has 0 heterocycles. The van der Waals surface area contributed by atoms with Gasteiger partial charge in [0.05, 0.1) is 0 Å². The number of hydrogen-bond acceptors (Lipinski definition) is 1. The Morgan fingerprint density at radius 2 is 2.20 bits per heavy atom. The first-order valence-corrected chi connectivity index (χ1v) is 6.48. The SMILES string of the molecule is Cc1cccc(C(N)CCC2CC2)c1Br. The highest BCUT2D eigenvalue weighted by molar-refractivity contribution is 9.10. The summed E-state index contributed by atoms with van der Waals surface area (Å²) < 4.78 is 1.19. The Morgan fingerprint density at radius 1 is 1.47 bits per heavy atom. The largest absolute Gasteiger partial charge is 0.324 e. The molecule has 1 aliphatic rings. The van der Waals surface area contributed by atoms with E-state index < -0.39 is 0 Å². The van der Waals surface area contributed by atoms with Gasteiger partial charge in [0.15, 0.2) is 0 Å². The first-order chi connectivity index (χ1) is 7.18. The summed E-state index contributed by atoms with van der Waals surface area (Å²) in [5.74, 6) is 0.972. The van der Waals surface area contributed by atoms with Crippen molar-refractivity contribution in [1.82, 2.24) is 0 Å². The van der Waals surface area contributed by atoms with Gasteiger partial charge in [-0.1, -0.05) is 47.0 Å². The number of halogens is 1. The van der Waals surface area contributed by atoms with E-state index in [0.29, 0.717) is 0 Å². The Bertz CT molecular complexity index is 344. The summed E-state index contributed by atoms with van der Waals surface area (Å²) in [5, 5.41) is 0. The van der Waals surface area contributed by atoms with Gasteiger partial charge in [0.25, 0.3) is 0 Å². The first-order valence-electron chi connectivity index (χ1n) is 5.69. The van der Waals surface area contributed by atoms with Crippen molar-refractivity contribution < 1.29 is 0 Å². The molecular formula is C13H18BrN. The third kappa shape index (κ3) is 2.82. The van der Waals surface area contributed by atoms with Gasteiger partial charge in [-0.25, -0.2) is 0 Å². The highest BCUT2D eigenvalue weighted by Crippen LogP contribution is 2.36. The molecule has 0 bridgehead atoms. The number of hydrogen-bond donors (Lipinski definition) is 1. The van der Waals surface area contributed by atoms with Gasteiger partial charge >= 0.3 is 0 Å². The normalized spacial score (nSPS) is 17.8. The first kappa shape index (κ1) is 11.2. The van der Waals surface area contributed by atoms with Crippen molar-refractivity contribution in [1.29, 1.82) is 0 Å². The van der Waals surface area contributed by atoms with Crippen molar-refractivity contribution >= 4 is 15.9 Å². The van der Waals surface area contributed by atoms with Crippen molar-refractivity contribution in [2.45, 2.75) is 38.6 Å². The Labute approximate surface area is 100 Å². The molecule has 2 heteroatoms. The fourth-order valence-corrected chi connectivity index (χ4v) is 2.49. The molecule has 0 amide bonds. The van der Waals surface area contributed by atoms with Crippen molar-refractivity contribution in [3.63, 3.8) is 0 Å². The van der Waals surface area contributed by atoms with Crippen molar-refractivity contribution in [2.24, 2.45) is 11.7 Å². The van der Waals surface area contributed by atoms with E-state index in [9.17, 15) is 0 Å². The fourth-order valence-electron chi connectivity index (χ4n) is 1.93. The molecule has 0 saturated heterocycles. The van der Waals surface area contributed by atoms with E-state index in [1.54, 1.807) is 0 Å². The van der Waals surface area contributed by atoms with Gasteiger partial charge in [-0.05, 0) is 36.8 Å². The third-order valence-corrected chi connectivity index (χ3v) is 4.29. The smallest absolute Gasteiger partial charge is 0.0306 e. The lowest BCUT2D eigenvalue weighted by Crippen LogP contribution is -2.11. The molecule has 1 aliphatic carbocycles. The summed E-state index contributed by atoms with van der Waals surface area (Å²) in [7, 11) is 0. The zero-order chi connectivity index (χ0) is 10.8. The van der Waals surface area contributed by atoms with Crippen LogP contribution in [0.1, 0.15) is 42.9 Å². The Balaban J connectivity index is 2.02. The van der Waals surface area contributed by atoms with E-state index in [2.05, 4.69) is 41.1 Å². The van der Waals surface area contributed by atoms with Crippen LogP contribution >= 0.6 is 15.9 Å². The van der Waals surface area contributed by atoms with Gasteiger partial charge in [0, 0.05) is 10.5 Å². The van der Waals surface area contributed by atoms with Crippen LogP contribution in [0.15, 0.2) is 22.7 Å². The van der Waals surface area contributed by atoms with Gasteiger partial charge in [0.1, 0.15) is 0 Å². The minimum absolute atomic E-state index is 0.194. The van der Waals surface area contributed by atoms with Crippen molar-refractivity contribution in [3.05, 3.63) is 33.8 Å². The molecular weight excluding hydrogens is 250 g/mol.